The van der Waals surface area contributed by atoms with Crippen molar-refractivity contribution < 1.29 is 17.7 Å². The van der Waals surface area contributed by atoms with E-state index in [1.54, 1.807) is 24.3 Å². The second-order valence-corrected chi connectivity index (χ2v) is 6.39. The van der Waals surface area contributed by atoms with Gasteiger partial charge in [0, 0.05) is 16.6 Å². The van der Waals surface area contributed by atoms with E-state index in [1.807, 2.05) is 0 Å². The lowest BCUT2D eigenvalue weighted by Gasteiger charge is -2.11. The molecule has 0 saturated carbocycles. The van der Waals surface area contributed by atoms with Crippen molar-refractivity contribution in [1.29, 1.82) is 5.41 Å². The fourth-order valence-corrected chi connectivity index (χ4v) is 1.93. The van der Waals surface area contributed by atoms with E-state index in [9.17, 15) is 13.5 Å². The highest BCUT2D eigenvalue weighted by atomic mass is 79.9. The maximum absolute atomic E-state index is 10.7. The van der Waals surface area contributed by atoms with E-state index in [-0.39, 0.29) is 18.7 Å². The van der Waals surface area contributed by atoms with Crippen LogP contribution in [0.15, 0.2) is 28.7 Å². The summed E-state index contributed by atoms with van der Waals surface area (Å²) < 4.78 is 26.8. The summed E-state index contributed by atoms with van der Waals surface area (Å²) in [4.78, 5) is 0. The molecule has 0 aromatic heterocycles. The fourth-order valence-electron chi connectivity index (χ4n) is 1.27. The van der Waals surface area contributed by atoms with Crippen LogP contribution in [0.3, 0.4) is 0 Å². The number of halogens is 1. The van der Waals surface area contributed by atoms with Crippen molar-refractivity contribution in [3.8, 4) is 0 Å². The topological polar surface area (TPSA) is 87.5 Å². The molecule has 1 rings (SSSR count). The van der Waals surface area contributed by atoms with E-state index in [4.69, 9.17) is 5.41 Å². The minimum absolute atomic E-state index is 0.0388. The molecule has 0 aliphatic carbocycles. The Balaban J connectivity index is 2.52. The van der Waals surface area contributed by atoms with Crippen molar-refractivity contribution in [2.24, 2.45) is 0 Å². The Morgan fingerprint density at radius 3 is 2.50 bits per heavy atom. The zero-order chi connectivity index (χ0) is 13.8. The first kappa shape index (κ1) is 15.3. The lowest BCUT2D eigenvalue weighted by molar-refractivity contribution is 0.117. The van der Waals surface area contributed by atoms with Crippen LogP contribution in [0.25, 0.3) is 0 Å². The second-order valence-electron chi connectivity index (χ2n) is 3.83. The molecule has 1 aromatic rings. The molecule has 0 spiro atoms. The summed E-state index contributed by atoms with van der Waals surface area (Å²) in [6.45, 7) is -0.336. The van der Waals surface area contributed by atoms with Crippen LogP contribution in [0.5, 0.6) is 0 Å². The molecule has 0 aliphatic rings. The average molecular weight is 336 g/mol. The van der Waals surface area contributed by atoms with Gasteiger partial charge in [-0.15, -0.1) is 0 Å². The molecular weight excluding hydrogens is 322 g/mol. The van der Waals surface area contributed by atoms with Crippen LogP contribution >= 0.6 is 15.9 Å². The van der Waals surface area contributed by atoms with Gasteiger partial charge in [0.2, 0.25) is 0 Å². The molecule has 0 heterocycles. The van der Waals surface area contributed by atoms with Crippen molar-refractivity contribution in [2.45, 2.75) is 12.5 Å². The molecule has 0 amide bonds. The summed E-state index contributed by atoms with van der Waals surface area (Å²) in [5, 5.41) is 17.3. The van der Waals surface area contributed by atoms with Gasteiger partial charge >= 0.3 is 0 Å². The number of hydrogen-bond donors (Lipinski definition) is 2. The van der Waals surface area contributed by atoms with E-state index in [2.05, 4.69) is 20.1 Å². The molecule has 0 unspecified atom stereocenters. The predicted octanol–water partition coefficient (Wildman–Crippen LogP) is 1.54. The third kappa shape index (κ3) is 5.72. The van der Waals surface area contributed by atoms with E-state index in [0.717, 1.165) is 10.7 Å². The van der Waals surface area contributed by atoms with Gasteiger partial charge < -0.3 is 10.5 Å². The molecule has 0 radical (unpaired) electrons. The van der Waals surface area contributed by atoms with Gasteiger partial charge in [0.1, 0.15) is 0 Å². The number of aliphatic hydroxyl groups excluding tert-OH is 1. The maximum atomic E-state index is 10.7. The van der Waals surface area contributed by atoms with Gasteiger partial charge in [-0.05, 0) is 17.7 Å². The van der Waals surface area contributed by atoms with Crippen molar-refractivity contribution in [3.63, 3.8) is 0 Å². The molecule has 2 N–H and O–H groups in total. The normalized spacial score (nSPS) is 13.3. The zero-order valence-electron chi connectivity index (χ0n) is 9.76. The maximum Gasteiger partial charge on any atom is 0.264 e. The van der Waals surface area contributed by atoms with Crippen LogP contribution in [0.2, 0.25) is 0 Å². The summed E-state index contributed by atoms with van der Waals surface area (Å²) in [5.41, 5.74) is 0.906. The highest BCUT2D eigenvalue weighted by Gasteiger charge is 2.12. The number of nitrogens with one attached hydrogen (secondary N) is 1. The summed E-state index contributed by atoms with van der Waals surface area (Å²) >= 11 is 3.29. The van der Waals surface area contributed by atoms with E-state index in [1.165, 1.54) is 0 Å². The molecule has 100 valence electrons. The Hall–Kier alpha value is -0.760. The Labute approximate surface area is 115 Å². The van der Waals surface area contributed by atoms with Gasteiger partial charge in [-0.3, -0.25) is 4.18 Å². The number of hydrogen-bond acceptors (Lipinski definition) is 5. The van der Waals surface area contributed by atoms with Crippen LogP contribution in [-0.2, 0) is 14.3 Å². The van der Waals surface area contributed by atoms with Crippen molar-refractivity contribution in [1.82, 2.24) is 0 Å². The molecule has 0 fully saturated rings. The lowest BCUT2D eigenvalue weighted by Crippen LogP contribution is -2.21. The molecule has 0 bridgehead atoms. The van der Waals surface area contributed by atoms with E-state index in [0.29, 0.717) is 5.56 Å². The average Bonchev–Trinajstić information content (AvgIpc) is 2.26. The van der Waals surface area contributed by atoms with Crippen molar-refractivity contribution in [2.75, 3.05) is 12.9 Å². The fraction of sp³-hybridized carbons (Fsp3) is 0.364. The standard InChI is InChI=1S/C11H14BrNO4S/c1-18(15,16)17-7-10(14)6-11(13)8-2-4-9(12)5-3-8/h2-5,10,13-14H,6-7H2,1H3/t10-/m1/s1. The third-order valence-corrected chi connectivity index (χ3v) is 3.20. The van der Waals surface area contributed by atoms with Crippen LogP contribution in [0.4, 0.5) is 0 Å². The van der Waals surface area contributed by atoms with Gasteiger partial charge in [0.15, 0.2) is 0 Å². The predicted molar refractivity (Wildman–Crippen MR) is 72.4 cm³/mol. The molecule has 0 saturated heterocycles. The summed E-state index contributed by atoms with van der Waals surface area (Å²) in [5.74, 6) is 0. The molecule has 18 heavy (non-hydrogen) atoms. The number of rotatable bonds is 6. The second kappa shape index (κ2) is 6.42. The summed E-state index contributed by atoms with van der Waals surface area (Å²) in [6.07, 6.45) is -0.0624. The first-order chi connectivity index (χ1) is 8.28. The number of benzene rings is 1. The summed E-state index contributed by atoms with van der Waals surface area (Å²) in [7, 11) is -3.56. The van der Waals surface area contributed by atoms with Gasteiger partial charge in [-0.2, -0.15) is 8.42 Å². The molecular formula is C11H14BrNO4S. The Bertz CT molecular complexity index is 512. The van der Waals surface area contributed by atoms with E-state index >= 15 is 0 Å². The van der Waals surface area contributed by atoms with Crippen LogP contribution in [0.1, 0.15) is 12.0 Å². The molecule has 1 aromatic carbocycles. The Kier molecular flexibility index (Phi) is 5.46. The highest BCUT2D eigenvalue weighted by Crippen LogP contribution is 2.12. The Morgan fingerprint density at radius 1 is 1.44 bits per heavy atom. The monoisotopic (exact) mass is 335 g/mol. The molecule has 5 nitrogen and oxygen atoms in total. The first-order valence-electron chi connectivity index (χ1n) is 5.14. The highest BCUT2D eigenvalue weighted by molar-refractivity contribution is 9.10. The quantitative estimate of drug-likeness (QED) is 0.609. The van der Waals surface area contributed by atoms with Crippen molar-refractivity contribution in [3.05, 3.63) is 34.3 Å². The minimum atomic E-state index is -3.56. The lowest BCUT2D eigenvalue weighted by atomic mass is 10.1. The zero-order valence-corrected chi connectivity index (χ0v) is 12.2. The van der Waals surface area contributed by atoms with Gasteiger partial charge in [-0.1, -0.05) is 28.1 Å². The molecule has 1 atom stereocenters. The van der Waals surface area contributed by atoms with Gasteiger partial charge in [0.05, 0.1) is 19.0 Å². The van der Waals surface area contributed by atoms with Crippen LogP contribution < -0.4 is 0 Å². The van der Waals surface area contributed by atoms with Crippen LogP contribution in [0, 0.1) is 5.41 Å². The molecule has 7 heteroatoms. The van der Waals surface area contributed by atoms with Crippen molar-refractivity contribution >= 4 is 31.8 Å². The largest absolute Gasteiger partial charge is 0.390 e. The van der Waals surface area contributed by atoms with Crippen LogP contribution in [-0.4, -0.2) is 38.2 Å². The van der Waals surface area contributed by atoms with E-state index < -0.39 is 16.2 Å². The molecule has 0 aliphatic heterocycles. The van der Waals surface area contributed by atoms with Gasteiger partial charge in [-0.25, -0.2) is 0 Å². The SMILES string of the molecule is CS(=O)(=O)OC[C@H](O)CC(=N)c1ccc(Br)cc1. The first-order valence-corrected chi connectivity index (χ1v) is 7.75. The minimum Gasteiger partial charge on any atom is -0.390 e. The smallest absolute Gasteiger partial charge is 0.264 e. The third-order valence-electron chi connectivity index (χ3n) is 2.11. The number of aliphatic hydroxyl groups is 1. The van der Waals surface area contributed by atoms with Gasteiger partial charge in [0.25, 0.3) is 10.1 Å². The summed E-state index contributed by atoms with van der Waals surface area (Å²) in [6, 6.07) is 7.08. The Morgan fingerprint density at radius 2 is 2.00 bits per heavy atom.